The Balaban J connectivity index is 1.72. The van der Waals surface area contributed by atoms with Gasteiger partial charge < -0.3 is 10.2 Å². The van der Waals surface area contributed by atoms with E-state index in [0.29, 0.717) is 12.1 Å². The number of carbonyl (C=O) groups is 2. The second-order valence-electron chi connectivity index (χ2n) is 5.73. The predicted octanol–water partition coefficient (Wildman–Crippen LogP) is 3.04. The summed E-state index contributed by atoms with van der Waals surface area (Å²) in [7, 11) is 0. The van der Waals surface area contributed by atoms with E-state index in [-0.39, 0.29) is 18.4 Å². The molecule has 3 aromatic rings. The molecule has 0 aliphatic rings. The lowest BCUT2D eigenvalue weighted by Crippen LogP contribution is -2.40. The molecular weight excluding hydrogens is 326 g/mol. The fourth-order valence-corrected chi connectivity index (χ4v) is 2.55. The van der Waals surface area contributed by atoms with Crippen molar-refractivity contribution in [3.63, 3.8) is 0 Å². The van der Waals surface area contributed by atoms with Gasteiger partial charge in [-0.1, -0.05) is 48.5 Å². The Bertz CT molecular complexity index is 852. The Morgan fingerprint density at radius 2 is 1.58 bits per heavy atom. The minimum atomic E-state index is -0.320. The van der Waals surface area contributed by atoms with Crippen molar-refractivity contribution >= 4 is 17.5 Å². The third-order valence-electron chi connectivity index (χ3n) is 3.88. The zero-order chi connectivity index (χ0) is 18.2. The zero-order valence-corrected chi connectivity index (χ0v) is 14.2. The monoisotopic (exact) mass is 345 g/mol. The number of amides is 2. The Morgan fingerprint density at radius 3 is 2.23 bits per heavy atom. The number of para-hydroxylation sites is 1. The molecule has 0 unspecified atom stereocenters. The van der Waals surface area contributed by atoms with E-state index in [1.807, 2.05) is 60.7 Å². The number of pyridine rings is 1. The topological polar surface area (TPSA) is 62.3 Å². The van der Waals surface area contributed by atoms with Gasteiger partial charge in [-0.05, 0) is 29.8 Å². The number of benzene rings is 2. The number of anilines is 1. The van der Waals surface area contributed by atoms with Gasteiger partial charge in [0.15, 0.2) is 0 Å². The van der Waals surface area contributed by atoms with Crippen molar-refractivity contribution in [1.29, 1.82) is 0 Å². The van der Waals surface area contributed by atoms with Crippen LogP contribution >= 0.6 is 0 Å². The summed E-state index contributed by atoms with van der Waals surface area (Å²) in [5.74, 6) is -0.503. The molecule has 0 bridgehead atoms. The third kappa shape index (κ3) is 4.54. The molecule has 3 rings (SSSR count). The van der Waals surface area contributed by atoms with Crippen molar-refractivity contribution < 1.29 is 9.59 Å². The standard InChI is InChI=1S/C21H19N3O2/c25-20(15-23-21(26)18-10-7-13-22-14-18)24(19-11-5-2-6-12-19)16-17-8-3-1-4-9-17/h1-14H,15-16H2,(H,23,26). The van der Waals surface area contributed by atoms with Crippen molar-refractivity contribution in [2.24, 2.45) is 0 Å². The maximum atomic E-state index is 12.8. The molecule has 5 nitrogen and oxygen atoms in total. The van der Waals surface area contributed by atoms with Gasteiger partial charge in [0.1, 0.15) is 0 Å². The number of hydrogen-bond acceptors (Lipinski definition) is 3. The minimum Gasteiger partial charge on any atom is -0.343 e. The van der Waals surface area contributed by atoms with E-state index >= 15 is 0 Å². The number of nitrogens with zero attached hydrogens (tertiary/aromatic N) is 2. The van der Waals surface area contributed by atoms with Crippen LogP contribution in [0.25, 0.3) is 0 Å². The summed E-state index contributed by atoms with van der Waals surface area (Å²) in [5.41, 5.74) is 2.23. The normalized spacial score (nSPS) is 10.2. The summed E-state index contributed by atoms with van der Waals surface area (Å²) < 4.78 is 0. The number of aromatic nitrogens is 1. The molecule has 0 aliphatic heterocycles. The summed E-state index contributed by atoms with van der Waals surface area (Å²) in [6, 6.07) is 22.5. The lowest BCUT2D eigenvalue weighted by atomic mass is 10.2. The molecule has 5 heteroatoms. The van der Waals surface area contributed by atoms with E-state index in [1.165, 1.54) is 6.20 Å². The van der Waals surface area contributed by atoms with E-state index in [0.717, 1.165) is 11.3 Å². The summed E-state index contributed by atoms with van der Waals surface area (Å²) in [5, 5.41) is 2.66. The van der Waals surface area contributed by atoms with Gasteiger partial charge in [-0.25, -0.2) is 0 Å². The molecule has 0 fully saturated rings. The van der Waals surface area contributed by atoms with Crippen LogP contribution < -0.4 is 10.2 Å². The maximum absolute atomic E-state index is 12.8. The number of carbonyl (C=O) groups excluding carboxylic acids is 2. The van der Waals surface area contributed by atoms with Crippen molar-refractivity contribution in [1.82, 2.24) is 10.3 Å². The Labute approximate surface area is 152 Å². The highest BCUT2D eigenvalue weighted by Gasteiger charge is 2.17. The molecule has 0 spiro atoms. The van der Waals surface area contributed by atoms with Gasteiger partial charge in [-0.15, -0.1) is 0 Å². The smallest absolute Gasteiger partial charge is 0.253 e. The summed E-state index contributed by atoms with van der Waals surface area (Å²) in [4.78, 5) is 30.5. The fourth-order valence-electron chi connectivity index (χ4n) is 2.55. The molecular formula is C21H19N3O2. The van der Waals surface area contributed by atoms with Crippen LogP contribution in [0.4, 0.5) is 5.69 Å². The van der Waals surface area contributed by atoms with E-state index < -0.39 is 0 Å². The SMILES string of the molecule is O=C(NCC(=O)N(Cc1ccccc1)c1ccccc1)c1cccnc1. The molecule has 0 saturated carbocycles. The maximum Gasteiger partial charge on any atom is 0.253 e. The molecule has 26 heavy (non-hydrogen) atoms. The second-order valence-corrected chi connectivity index (χ2v) is 5.73. The Morgan fingerprint density at radius 1 is 0.885 bits per heavy atom. The lowest BCUT2D eigenvalue weighted by Gasteiger charge is -2.23. The van der Waals surface area contributed by atoms with Crippen LogP contribution in [0.15, 0.2) is 85.2 Å². The van der Waals surface area contributed by atoms with Crippen molar-refractivity contribution in [3.05, 3.63) is 96.3 Å². The van der Waals surface area contributed by atoms with E-state index in [4.69, 9.17) is 0 Å². The molecule has 2 aromatic carbocycles. The zero-order valence-electron chi connectivity index (χ0n) is 14.2. The third-order valence-corrected chi connectivity index (χ3v) is 3.88. The quantitative estimate of drug-likeness (QED) is 0.747. The molecule has 1 N–H and O–H groups in total. The van der Waals surface area contributed by atoms with Gasteiger partial charge in [0.25, 0.3) is 5.91 Å². The highest BCUT2D eigenvalue weighted by Crippen LogP contribution is 2.17. The van der Waals surface area contributed by atoms with Crippen LogP contribution in [0, 0.1) is 0 Å². The first kappa shape index (κ1) is 17.4. The number of rotatable bonds is 6. The first-order valence-electron chi connectivity index (χ1n) is 8.31. The van der Waals surface area contributed by atoms with Crippen LogP contribution in [0.1, 0.15) is 15.9 Å². The molecule has 1 heterocycles. The second kappa shape index (κ2) is 8.58. The van der Waals surface area contributed by atoms with E-state index in [9.17, 15) is 9.59 Å². The van der Waals surface area contributed by atoms with Gasteiger partial charge in [0.2, 0.25) is 5.91 Å². The van der Waals surface area contributed by atoms with Gasteiger partial charge in [0, 0.05) is 18.1 Å². The molecule has 2 amide bonds. The minimum absolute atomic E-state index is 0.0878. The van der Waals surface area contributed by atoms with Crippen molar-refractivity contribution in [3.8, 4) is 0 Å². The predicted molar refractivity (Wildman–Crippen MR) is 101 cm³/mol. The summed E-state index contributed by atoms with van der Waals surface area (Å²) in [6.45, 7) is 0.349. The van der Waals surface area contributed by atoms with Crippen LogP contribution in [0.5, 0.6) is 0 Å². The molecule has 0 aliphatic carbocycles. The van der Waals surface area contributed by atoms with Crippen molar-refractivity contribution in [2.45, 2.75) is 6.54 Å². The highest BCUT2D eigenvalue weighted by atomic mass is 16.2. The van der Waals surface area contributed by atoms with Gasteiger partial charge >= 0.3 is 0 Å². The fraction of sp³-hybridized carbons (Fsp3) is 0.0952. The van der Waals surface area contributed by atoms with Gasteiger partial charge in [-0.3, -0.25) is 14.6 Å². The Hall–Kier alpha value is -3.47. The molecule has 1 aromatic heterocycles. The van der Waals surface area contributed by atoms with Crippen LogP contribution in [0.3, 0.4) is 0 Å². The Kier molecular flexibility index (Phi) is 5.72. The summed E-state index contributed by atoms with van der Waals surface area (Å²) >= 11 is 0. The first-order valence-corrected chi connectivity index (χ1v) is 8.31. The van der Waals surface area contributed by atoms with E-state index in [1.54, 1.807) is 23.2 Å². The van der Waals surface area contributed by atoms with Crippen molar-refractivity contribution in [2.75, 3.05) is 11.4 Å². The lowest BCUT2D eigenvalue weighted by molar-refractivity contribution is -0.117. The number of nitrogens with one attached hydrogen (secondary N) is 1. The molecule has 0 saturated heterocycles. The largest absolute Gasteiger partial charge is 0.343 e. The number of hydrogen-bond donors (Lipinski definition) is 1. The summed E-state index contributed by atoms with van der Waals surface area (Å²) in [6.07, 6.45) is 3.07. The van der Waals surface area contributed by atoms with Gasteiger partial charge in [0.05, 0.1) is 18.7 Å². The molecule has 0 radical (unpaired) electrons. The van der Waals surface area contributed by atoms with Crippen LogP contribution in [0.2, 0.25) is 0 Å². The average molecular weight is 345 g/mol. The first-order chi connectivity index (χ1) is 12.7. The average Bonchev–Trinajstić information content (AvgIpc) is 2.72. The van der Waals surface area contributed by atoms with Crippen LogP contribution in [-0.2, 0) is 11.3 Å². The highest BCUT2D eigenvalue weighted by molar-refractivity contribution is 6.00. The molecule has 130 valence electrons. The van der Waals surface area contributed by atoms with Gasteiger partial charge in [-0.2, -0.15) is 0 Å². The van der Waals surface area contributed by atoms with Crippen LogP contribution in [-0.4, -0.2) is 23.3 Å². The van der Waals surface area contributed by atoms with E-state index in [2.05, 4.69) is 10.3 Å². The molecule has 0 atom stereocenters.